The standard InChI is InChI=1S/C12H13BrFN3O2/c13-10-7(3-1-4-8(10)14)12(18)17-6-2-5-9(17)11(15)16-19/h1,3-4,9,19H,2,5-6H2,(H2,15,16). The van der Waals surface area contributed by atoms with Crippen LogP contribution in [0, 0.1) is 5.82 Å². The molecule has 1 saturated heterocycles. The molecule has 1 amide bonds. The van der Waals surface area contributed by atoms with Crippen molar-refractivity contribution in [1.29, 1.82) is 0 Å². The van der Waals surface area contributed by atoms with Crippen molar-refractivity contribution in [3.63, 3.8) is 0 Å². The largest absolute Gasteiger partial charge is 0.409 e. The topological polar surface area (TPSA) is 78.9 Å². The molecule has 5 nitrogen and oxygen atoms in total. The number of likely N-dealkylation sites (tertiary alicyclic amines) is 1. The summed E-state index contributed by atoms with van der Waals surface area (Å²) in [6.45, 7) is 0.503. The van der Waals surface area contributed by atoms with Crippen molar-refractivity contribution in [3.05, 3.63) is 34.1 Å². The lowest BCUT2D eigenvalue weighted by Crippen LogP contribution is -2.44. The van der Waals surface area contributed by atoms with Crippen LogP contribution in [0.2, 0.25) is 0 Å². The van der Waals surface area contributed by atoms with Crippen LogP contribution in [-0.2, 0) is 0 Å². The van der Waals surface area contributed by atoms with Gasteiger partial charge in [-0.05, 0) is 40.9 Å². The third kappa shape index (κ3) is 2.56. The Morgan fingerprint density at radius 3 is 3.00 bits per heavy atom. The molecule has 1 aliphatic heterocycles. The molecule has 0 saturated carbocycles. The Bertz CT molecular complexity index is 536. The number of carbonyl (C=O) groups excluding carboxylic acids is 1. The van der Waals surface area contributed by atoms with Crippen LogP contribution in [0.25, 0.3) is 0 Å². The highest BCUT2D eigenvalue weighted by molar-refractivity contribution is 9.10. The SMILES string of the molecule is N/C(=N/O)C1CCCN1C(=O)c1cccc(F)c1Br. The third-order valence-corrected chi connectivity index (χ3v) is 3.96. The zero-order chi connectivity index (χ0) is 14.0. The number of benzene rings is 1. The lowest BCUT2D eigenvalue weighted by Gasteiger charge is -2.24. The Balaban J connectivity index is 2.31. The fourth-order valence-corrected chi connectivity index (χ4v) is 2.64. The van der Waals surface area contributed by atoms with E-state index >= 15 is 0 Å². The monoisotopic (exact) mass is 329 g/mol. The molecular weight excluding hydrogens is 317 g/mol. The van der Waals surface area contributed by atoms with Gasteiger partial charge in [0.15, 0.2) is 5.84 Å². The van der Waals surface area contributed by atoms with Crippen molar-refractivity contribution in [2.24, 2.45) is 10.9 Å². The maximum Gasteiger partial charge on any atom is 0.255 e. The Morgan fingerprint density at radius 1 is 1.58 bits per heavy atom. The van der Waals surface area contributed by atoms with E-state index in [-0.39, 0.29) is 21.8 Å². The predicted octanol–water partition coefficient (Wildman–Crippen LogP) is 1.94. The summed E-state index contributed by atoms with van der Waals surface area (Å²) in [6.07, 6.45) is 1.40. The minimum Gasteiger partial charge on any atom is -0.409 e. The highest BCUT2D eigenvalue weighted by Crippen LogP contribution is 2.26. The van der Waals surface area contributed by atoms with Gasteiger partial charge >= 0.3 is 0 Å². The molecule has 1 heterocycles. The number of carbonyl (C=O) groups is 1. The summed E-state index contributed by atoms with van der Waals surface area (Å²) >= 11 is 3.07. The third-order valence-electron chi connectivity index (χ3n) is 3.15. The fraction of sp³-hybridized carbons (Fsp3) is 0.333. The first-order valence-corrected chi connectivity index (χ1v) is 6.58. The highest BCUT2D eigenvalue weighted by atomic mass is 79.9. The maximum absolute atomic E-state index is 13.4. The van der Waals surface area contributed by atoms with Crippen molar-refractivity contribution >= 4 is 27.7 Å². The molecule has 1 unspecified atom stereocenters. The van der Waals surface area contributed by atoms with Crippen LogP contribution in [0.4, 0.5) is 4.39 Å². The molecular formula is C12H13BrFN3O2. The van der Waals surface area contributed by atoms with E-state index in [1.54, 1.807) is 0 Å². The van der Waals surface area contributed by atoms with E-state index in [2.05, 4.69) is 21.1 Å². The van der Waals surface area contributed by atoms with Gasteiger partial charge in [0, 0.05) is 6.54 Å². The van der Waals surface area contributed by atoms with E-state index in [4.69, 9.17) is 10.9 Å². The molecule has 1 aliphatic rings. The van der Waals surface area contributed by atoms with Gasteiger partial charge in [0.05, 0.1) is 16.1 Å². The number of amides is 1. The molecule has 0 aliphatic carbocycles. The molecule has 102 valence electrons. The van der Waals surface area contributed by atoms with Gasteiger partial charge in [0.25, 0.3) is 5.91 Å². The first-order valence-electron chi connectivity index (χ1n) is 5.78. The summed E-state index contributed by atoms with van der Waals surface area (Å²) < 4.78 is 13.6. The van der Waals surface area contributed by atoms with Crippen LogP contribution >= 0.6 is 15.9 Å². The van der Waals surface area contributed by atoms with Crippen molar-refractivity contribution in [2.75, 3.05) is 6.54 Å². The van der Waals surface area contributed by atoms with Crippen LogP contribution < -0.4 is 5.73 Å². The Morgan fingerprint density at radius 2 is 2.32 bits per heavy atom. The maximum atomic E-state index is 13.4. The van der Waals surface area contributed by atoms with Gasteiger partial charge in [-0.3, -0.25) is 4.79 Å². The zero-order valence-corrected chi connectivity index (χ0v) is 11.6. The number of hydrogen-bond acceptors (Lipinski definition) is 3. The fourth-order valence-electron chi connectivity index (χ4n) is 2.21. The van der Waals surface area contributed by atoms with Gasteiger partial charge in [0.2, 0.25) is 0 Å². The van der Waals surface area contributed by atoms with Crippen molar-refractivity contribution < 1.29 is 14.4 Å². The lowest BCUT2D eigenvalue weighted by atomic mass is 10.1. The number of halogens is 2. The van der Waals surface area contributed by atoms with Gasteiger partial charge in [-0.1, -0.05) is 11.2 Å². The number of nitrogens with two attached hydrogens (primary N) is 1. The van der Waals surface area contributed by atoms with Gasteiger partial charge in [-0.2, -0.15) is 0 Å². The van der Waals surface area contributed by atoms with Crippen LogP contribution in [0.3, 0.4) is 0 Å². The minimum atomic E-state index is -0.495. The highest BCUT2D eigenvalue weighted by Gasteiger charge is 2.33. The summed E-state index contributed by atoms with van der Waals surface area (Å²) in [5.41, 5.74) is 5.81. The molecule has 19 heavy (non-hydrogen) atoms. The lowest BCUT2D eigenvalue weighted by molar-refractivity contribution is 0.0766. The molecule has 1 atom stereocenters. The molecule has 3 N–H and O–H groups in total. The summed E-state index contributed by atoms with van der Waals surface area (Å²) in [5, 5.41) is 11.7. The average Bonchev–Trinajstić information content (AvgIpc) is 2.89. The Hall–Kier alpha value is -1.63. The molecule has 2 rings (SSSR count). The molecule has 0 aromatic heterocycles. The number of nitrogens with zero attached hydrogens (tertiary/aromatic N) is 2. The number of hydrogen-bond donors (Lipinski definition) is 2. The van der Waals surface area contributed by atoms with Gasteiger partial charge in [-0.25, -0.2) is 4.39 Å². The second-order valence-corrected chi connectivity index (χ2v) is 5.08. The molecule has 0 radical (unpaired) electrons. The van der Waals surface area contributed by atoms with Crippen LogP contribution in [0.15, 0.2) is 27.8 Å². The Labute approximate surface area is 118 Å². The smallest absolute Gasteiger partial charge is 0.255 e. The van der Waals surface area contributed by atoms with Crippen molar-refractivity contribution in [1.82, 2.24) is 4.90 Å². The molecule has 1 aromatic rings. The first kappa shape index (κ1) is 13.8. The summed E-state index contributed by atoms with van der Waals surface area (Å²) in [5.74, 6) is -0.829. The number of rotatable bonds is 2. The molecule has 7 heteroatoms. The number of oxime groups is 1. The predicted molar refractivity (Wildman–Crippen MR) is 71.6 cm³/mol. The van der Waals surface area contributed by atoms with Gasteiger partial charge in [0.1, 0.15) is 5.82 Å². The molecule has 1 fully saturated rings. The quantitative estimate of drug-likeness (QED) is 0.376. The van der Waals surface area contributed by atoms with E-state index in [9.17, 15) is 9.18 Å². The second kappa shape index (κ2) is 5.56. The minimum absolute atomic E-state index is 0.00150. The molecule has 1 aromatic carbocycles. The normalized spacial score (nSPS) is 19.8. The molecule has 0 spiro atoms. The van der Waals surface area contributed by atoms with Crippen LogP contribution in [0.1, 0.15) is 23.2 Å². The van der Waals surface area contributed by atoms with E-state index in [0.717, 1.165) is 6.42 Å². The van der Waals surface area contributed by atoms with E-state index in [0.29, 0.717) is 13.0 Å². The van der Waals surface area contributed by atoms with Crippen molar-refractivity contribution in [3.8, 4) is 0 Å². The summed E-state index contributed by atoms with van der Waals surface area (Å²) in [4.78, 5) is 13.9. The Kier molecular flexibility index (Phi) is 4.04. The average molecular weight is 330 g/mol. The van der Waals surface area contributed by atoms with Gasteiger partial charge < -0.3 is 15.8 Å². The van der Waals surface area contributed by atoms with E-state index in [1.807, 2.05) is 0 Å². The van der Waals surface area contributed by atoms with Crippen LogP contribution in [-0.4, -0.2) is 34.4 Å². The molecule has 0 bridgehead atoms. The second-order valence-electron chi connectivity index (χ2n) is 4.28. The first-order chi connectivity index (χ1) is 9.06. The number of amidine groups is 1. The van der Waals surface area contributed by atoms with Crippen LogP contribution in [0.5, 0.6) is 0 Å². The summed E-state index contributed by atoms with van der Waals surface area (Å²) in [7, 11) is 0. The van der Waals surface area contributed by atoms with Crippen molar-refractivity contribution in [2.45, 2.75) is 18.9 Å². The van der Waals surface area contributed by atoms with E-state index < -0.39 is 11.9 Å². The summed E-state index contributed by atoms with van der Waals surface area (Å²) in [6, 6.07) is 3.85. The zero-order valence-electron chi connectivity index (χ0n) is 10.0. The van der Waals surface area contributed by atoms with E-state index in [1.165, 1.54) is 23.1 Å². The van der Waals surface area contributed by atoms with Gasteiger partial charge in [-0.15, -0.1) is 0 Å².